The summed E-state index contributed by atoms with van der Waals surface area (Å²) in [6, 6.07) is 5.00. The Bertz CT molecular complexity index is 624. The molecular formula is C15H20FN5. The molecule has 2 heterocycles. The van der Waals surface area contributed by atoms with Gasteiger partial charge in [0.2, 0.25) is 5.95 Å². The molecule has 3 N–H and O–H groups in total. The molecule has 0 aliphatic carbocycles. The number of piperidine rings is 1. The topological polar surface area (TPSA) is 70.8 Å². The van der Waals surface area contributed by atoms with Crippen LogP contribution in [0.5, 0.6) is 0 Å². The number of aromatic amines is 1. The smallest absolute Gasteiger partial charge is 0.239 e. The highest BCUT2D eigenvalue weighted by Crippen LogP contribution is 2.26. The second kappa shape index (κ2) is 5.81. The highest BCUT2D eigenvalue weighted by Gasteiger charge is 2.24. The van der Waals surface area contributed by atoms with E-state index in [1.165, 1.54) is 11.6 Å². The Morgan fingerprint density at radius 3 is 3.05 bits per heavy atom. The fourth-order valence-corrected chi connectivity index (χ4v) is 2.97. The number of aromatic nitrogens is 3. The molecule has 1 aromatic heterocycles. The molecule has 1 saturated heterocycles. The van der Waals surface area contributed by atoms with Crippen LogP contribution in [0.2, 0.25) is 0 Å². The molecule has 112 valence electrons. The fourth-order valence-electron chi connectivity index (χ4n) is 2.97. The zero-order valence-corrected chi connectivity index (χ0v) is 12.1. The standard InChI is InChI=1S/C15H20FN5/c1-10-7-13(16)5-4-11(10)8-21-6-2-3-12(9-21)14-18-15(17)20-19-14/h4-5,7,12H,2-3,6,8-9H2,1H3,(H3,17,18,19,20)/t12-/m1/s1. The van der Waals surface area contributed by atoms with Crippen molar-refractivity contribution in [3.8, 4) is 0 Å². The largest absolute Gasteiger partial charge is 0.367 e. The van der Waals surface area contributed by atoms with Crippen LogP contribution in [0, 0.1) is 12.7 Å². The first-order valence-corrected chi connectivity index (χ1v) is 7.27. The van der Waals surface area contributed by atoms with E-state index >= 15 is 0 Å². The third kappa shape index (κ3) is 3.21. The lowest BCUT2D eigenvalue weighted by atomic mass is 9.96. The number of hydrogen-bond donors (Lipinski definition) is 2. The van der Waals surface area contributed by atoms with Crippen LogP contribution in [0.3, 0.4) is 0 Å². The normalized spacial score (nSPS) is 19.8. The number of rotatable bonds is 3. The molecule has 1 aliphatic rings. The highest BCUT2D eigenvalue weighted by atomic mass is 19.1. The summed E-state index contributed by atoms with van der Waals surface area (Å²) in [5, 5.41) is 6.82. The van der Waals surface area contributed by atoms with E-state index in [1.807, 2.05) is 13.0 Å². The molecule has 0 spiro atoms. The molecule has 21 heavy (non-hydrogen) atoms. The van der Waals surface area contributed by atoms with Gasteiger partial charge in [0.15, 0.2) is 0 Å². The van der Waals surface area contributed by atoms with E-state index < -0.39 is 0 Å². The van der Waals surface area contributed by atoms with Gasteiger partial charge in [-0.1, -0.05) is 6.07 Å². The number of H-pyrrole nitrogens is 1. The first-order valence-electron chi connectivity index (χ1n) is 7.27. The Kier molecular flexibility index (Phi) is 3.88. The SMILES string of the molecule is Cc1cc(F)ccc1CN1CCC[C@@H](c2nc(N)n[nH]2)C1. The maximum atomic E-state index is 13.2. The van der Waals surface area contributed by atoms with Crippen molar-refractivity contribution in [2.24, 2.45) is 0 Å². The molecule has 1 aromatic carbocycles. The maximum absolute atomic E-state index is 13.2. The average molecular weight is 289 g/mol. The van der Waals surface area contributed by atoms with E-state index in [-0.39, 0.29) is 5.82 Å². The van der Waals surface area contributed by atoms with Gasteiger partial charge < -0.3 is 5.73 Å². The van der Waals surface area contributed by atoms with Gasteiger partial charge in [-0.05, 0) is 49.6 Å². The van der Waals surface area contributed by atoms with Crippen LogP contribution in [0.1, 0.15) is 35.7 Å². The average Bonchev–Trinajstić information content (AvgIpc) is 2.89. The van der Waals surface area contributed by atoms with Crippen LogP contribution < -0.4 is 5.73 Å². The molecule has 1 aliphatic heterocycles. The van der Waals surface area contributed by atoms with E-state index in [0.717, 1.165) is 43.9 Å². The summed E-state index contributed by atoms with van der Waals surface area (Å²) in [5.41, 5.74) is 7.75. The van der Waals surface area contributed by atoms with Gasteiger partial charge in [0.25, 0.3) is 0 Å². The first-order chi connectivity index (χ1) is 10.1. The minimum atomic E-state index is -0.176. The molecule has 0 amide bonds. The van der Waals surface area contributed by atoms with Crippen molar-refractivity contribution >= 4 is 5.95 Å². The zero-order valence-electron chi connectivity index (χ0n) is 12.1. The molecule has 2 aromatic rings. The Labute approximate surface area is 123 Å². The summed E-state index contributed by atoms with van der Waals surface area (Å²) in [4.78, 5) is 6.62. The number of nitrogens with zero attached hydrogens (tertiary/aromatic N) is 3. The van der Waals surface area contributed by atoms with Crippen LogP contribution in [-0.2, 0) is 6.54 Å². The van der Waals surface area contributed by atoms with Gasteiger partial charge in [0.05, 0.1) is 0 Å². The molecule has 5 nitrogen and oxygen atoms in total. The Balaban J connectivity index is 1.68. The predicted molar refractivity (Wildman–Crippen MR) is 79.2 cm³/mol. The number of benzene rings is 1. The fraction of sp³-hybridized carbons (Fsp3) is 0.467. The summed E-state index contributed by atoms with van der Waals surface area (Å²) in [7, 11) is 0. The van der Waals surface area contributed by atoms with Crippen LogP contribution in [0.15, 0.2) is 18.2 Å². The minimum absolute atomic E-state index is 0.176. The molecule has 1 atom stereocenters. The van der Waals surface area contributed by atoms with Crippen molar-refractivity contribution in [1.82, 2.24) is 20.1 Å². The van der Waals surface area contributed by atoms with Gasteiger partial charge in [-0.25, -0.2) is 4.39 Å². The third-order valence-corrected chi connectivity index (χ3v) is 4.11. The Morgan fingerprint density at radius 1 is 1.48 bits per heavy atom. The van der Waals surface area contributed by atoms with E-state index in [1.54, 1.807) is 6.07 Å². The lowest BCUT2D eigenvalue weighted by Gasteiger charge is -2.32. The van der Waals surface area contributed by atoms with Crippen molar-refractivity contribution in [2.45, 2.75) is 32.2 Å². The van der Waals surface area contributed by atoms with E-state index in [2.05, 4.69) is 20.1 Å². The Hall–Kier alpha value is -1.95. The number of halogens is 1. The third-order valence-electron chi connectivity index (χ3n) is 4.11. The van der Waals surface area contributed by atoms with Crippen molar-refractivity contribution < 1.29 is 4.39 Å². The Morgan fingerprint density at radius 2 is 2.33 bits per heavy atom. The molecule has 3 rings (SSSR count). The lowest BCUT2D eigenvalue weighted by molar-refractivity contribution is 0.196. The van der Waals surface area contributed by atoms with Gasteiger partial charge in [0, 0.05) is 19.0 Å². The number of anilines is 1. The number of aryl methyl sites for hydroxylation is 1. The predicted octanol–water partition coefficient (Wildman–Crippen LogP) is 2.21. The number of hydrogen-bond acceptors (Lipinski definition) is 4. The van der Waals surface area contributed by atoms with Crippen LogP contribution in [0.4, 0.5) is 10.3 Å². The summed E-state index contributed by atoms with van der Waals surface area (Å²) >= 11 is 0. The maximum Gasteiger partial charge on any atom is 0.239 e. The van der Waals surface area contributed by atoms with Crippen molar-refractivity contribution in [3.05, 3.63) is 41.0 Å². The van der Waals surface area contributed by atoms with Crippen molar-refractivity contribution in [3.63, 3.8) is 0 Å². The van der Waals surface area contributed by atoms with Crippen LogP contribution in [-0.4, -0.2) is 33.2 Å². The summed E-state index contributed by atoms with van der Waals surface area (Å²) in [6.45, 7) is 4.77. The second-order valence-corrected chi connectivity index (χ2v) is 5.72. The number of nitrogens with two attached hydrogens (primary N) is 1. The second-order valence-electron chi connectivity index (χ2n) is 5.72. The molecule has 0 saturated carbocycles. The van der Waals surface area contributed by atoms with Crippen LogP contribution in [0.25, 0.3) is 0 Å². The van der Waals surface area contributed by atoms with E-state index in [4.69, 9.17) is 5.73 Å². The van der Waals surface area contributed by atoms with Crippen LogP contribution >= 0.6 is 0 Å². The minimum Gasteiger partial charge on any atom is -0.367 e. The first kappa shape index (κ1) is 14.0. The lowest BCUT2D eigenvalue weighted by Crippen LogP contribution is -2.34. The van der Waals surface area contributed by atoms with Crippen molar-refractivity contribution in [2.75, 3.05) is 18.8 Å². The van der Waals surface area contributed by atoms with Gasteiger partial charge in [-0.2, -0.15) is 4.98 Å². The van der Waals surface area contributed by atoms with Gasteiger partial charge >= 0.3 is 0 Å². The van der Waals surface area contributed by atoms with Gasteiger partial charge in [-0.15, -0.1) is 5.10 Å². The van der Waals surface area contributed by atoms with Gasteiger partial charge in [0.1, 0.15) is 11.6 Å². The molecule has 0 unspecified atom stereocenters. The summed E-state index contributed by atoms with van der Waals surface area (Å²) in [6.07, 6.45) is 2.21. The summed E-state index contributed by atoms with van der Waals surface area (Å²) < 4.78 is 13.2. The molecular weight excluding hydrogens is 269 g/mol. The zero-order chi connectivity index (χ0) is 14.8. The van der Waals surface area contributed by atoms with Gasteiger partial charge in [-0.3, -0.25) is 10.00 Å². The monoisotopic (exact) mass is 289 g/mol. The number of nitrogens with one attached hydrogen (secondary N) is 1. The molecule has 0 radical (unpaired) electrons. The summed E-state index contributed by atoms with van der Waals surface area (Å²) in [5.74, 6) is 1.33. The molecule has 6 heteroatoms. The number of nitrogen functional groups attached to an aromatic ring is 1. The van der Waals surface area contributed by atoms with E-state index in [0.29, 0.717) is 11.9 Å². The van der Waals surface area contributed by atoms with Crippen molar-refractivity contribution in [1.29, 1.82) is 0 Å². The quantitative estimate of drug-likeness (QED) is 0.909. The number of likely N-dealkylation sites (tertiary alicyclic amines) is 1. The highest BCUT2D eigenvalue weighted by molar-refractivity contribution is 5.26. The molecule has 0 bridgehead atoms. The van der Waals surface area contributed by atoms with E-state index in [9.17, 15) is 4.39 Å². The molecule has 1 fully saturated rings.